The van der Waals surface area contributed by atoms with Crippen molar-refractivity contribution in [3.63, 3.8) is 0 Å². The predicted octanol–water partition coefficient (Wildman–Crippen LogP) is 2.54. The third-order valence-electron chi connectivity index (χ3n) is 4.24. The molecule has 5 nitrogen and oxygen atoms in total. The van der Waals surface area contributed by atoms with Gasteiger partial charge in [-0.1, -0.05) is 12.1 Å². The first-order valence-corrected chi connectivity index (χ1v) is 8.84. The van der Waals surface area contributed by atoms with Gasteiger partial charge in [-0.05, 0) is 36.8 Å². The van der Waals surface area contributed by atoms with Gasteiger partial charge < -0.3 is 15.5 Å². The fraction of sp³-hybridized carbons (Fsp3) is 0.333. The summed E-state index contributed by atoms with van der Waals surface area (Å²) >= 11 is 1.51. The molecule has 1 aromatic carbocycles. The molecule has 2 aromatic rings. The average molecular weight is 380 g/mol. The van der Waals surface area contributed by atoms with E-state index in [0.717, 1.165) is 15.3 Å². The molecule has 0 saturated carbocycles. The largest absolute Gasteiger partial charge is 0.335 e. The molecule has 0 atom stereocenters. The van der Waals surface area contributed by atoms with Crippen LogP contribution in [0, 0.1) is 6.92 Å². The second kappa shape index (κ2) is 8.47. The minimum atomic E-state index is 0. The van der Waals surface area contributed by atoms with Crippen LogP contribution in [0.2, 0.25) is 0 Å². The fourth-order valence-corrected chi connectivity index (χ4v) is 3.62. The van der Waals surface area contributed by atoms with Crippen LogP contribution in [0.15, 0.2) is 36.4 Å². The minimum absolute atomic E-state index is 0. The second-order valence-corrected chi connectivity index (χ2v) is 7.18. The van der Waals surface area contributed by atoms with Gasteiger partial charge in [0.2, 0.25) is 0 Å². The molecule has 1 aliphatic rings. The summed E-state index contributed by atoms with van der Waals surface area (Å²) in [5.74, 6) is 0.0742. The van der Waals surface area contributed by atoms with Gasteiger partial charge >= 0.3 is 0 Å². The number of nitrogens with two attached hydrogens (primary N) is 1. The first-order valence-electron chi connectivity index (χ1n) is 8.02. The SMILES string of the molecule is Cc1ccc(C(=O)N2CCN(C(=O)c3ccc(CN)cc3)CC2)s1.Cl. The maximum Gasteiger partial charge on any atom is 0.264 e. The zero-order valence-corrected chi connectivity index (χ0v) is 15.7. The first-order chi connectivity index (χ1) is 11.6. The number of hydrogen-bond donors (Lipinski definition) is 1. The monoisotopic (exact) mass is 379 g/mol. The summed E-state index contributed by atoms with van der Waals surface area (Å²) < 4.78 is 0. The molecule has 0 bridgehead atoms. The van der Waals surface area contributed by atoms with E-state index < -0.39 is 0 Å². The van der Waals surface area contributed by atoms with Gasteiger partial charge in [0.05, 0.1) is 4.88 Å². The number of amides is 2. The van der Waals surface area contributed by atoms with Gasteiger partial charge in [0, 0.05) is 43.2 Å². The Labute approximate surface area is 157 Å². The number of benzene rings is 1. The molecule has 1 aliphatic heterocycles. The zero-order chi connectivity index (χ0) is 17.1. The van der Waals surface area contributed by atoms with Crippen molar-refractivity contribution in [1.29, 1.82) is 0 Å². The molecular formula is C18H22ClN3O2S. The van der Waals surface area contributed by atoms with Crippen LogP contribution in [-0.2, 0) is 6.54 Å². The van der Waals surface area contributed by atoms with E-state index in [1.807, 2.05) is 48.2 Å². The number of nitrogens with zero attached hydrogens (tertiary/aromatic N) is 2. The molecule has 134 valence electrons. The van der Waals surface area contributed by atoms with Crippen LogP contribution in [0.1, 0.15) is 30.5 Å². The maximum atomic E-state index is 12.5. The molecule has 0 radical (unpaired) electrons. The number of rotatable bonds is 3. The van der Waals surface area contributed by atoms with E-state index in [-0.39, 0.29) is 24.2 Å². The van der Waals surface area contributed by atoms with Crippen LogP contribution in [0.4, 0.5) is 0 Å². The number of hydrogen-bond acceptors (Lipinski definition) is 4. The van der Waals surface area contributed by atoms with Crippen molar-refractivity contribution < 1.29 is 9.59 Å². The summed E-state index contributed by atoms with van der Waals surface area (Å²) in [6.07, 6.45) is 0. The quantitative estimate of drug-likeness (QED) is 0.891. The maximum absolute atomic E-state index is 12.5. The molecule has 0 spiro atoms. The van der Waals surface area contributed by atoms with E-state index in [4.69, 9.17) is 5.73 Å². The standard InChI is InChI=1S/C18H21N3O2S.ClH/c1-13-2-7-16(24-13)18(23)21-10-8-20(9-11-21)17(22)15-5-3-14(12-19)4-6-15;/h2-7H,8-12,19H2,1H3;1H. The second-order valence-electron chi connectivity index (χ2n) is 5.90. The summed E-state index contributed by atoms with van der Waals surface area (Å²) in [6, 6.07) is 11.2. The van der Waals surface area contributed by atoms with Crippen molar-refractivity contribution >= 4 is 35.6 Å². The van der Waals surface area contributed by atoms with Crippen molar-refractivity contribution in [2.24, 2.45) is 5.73 Å². The molecule has 2 N–H and O–H groups in total. The number of halogens is 1. The van der Waals surface area contributed by atoms with Crippen molar-refractivity contribution in [3.05, 3.63) is 57.3 Å². The number of piperazine rings is 1. The van der Waals surface area contributed by atoms with Crippen molar-refractivity contribution in [3.8, 4) is 0 Å². The minimum Gasteiger partial charge on any atom is -0.335 e. The van der Waals surface area contributed by atoms with E-state index in [1.165, 1.54) is 11.3 Å². The van der Waals surface area contributed by atoms with E-state index in [0.29, 0.717) is 38.3 Å². The first kappa shape index (κ1) is 19.4. The highest BCUT2D eigenvalue weighted by Crippen LogP contribution is 2.18. The average Bonchev–Trinajstić information content (AvgIpc) is 3.07. The zero-order valence-electron chi connectivity index (χ0n) is 14.1. The highest BCUT2D eigenvalue weighted by molar-refractivity contribution is 7.13. The summed E-state index contributed by atoms with van der Waals surface area (Å²) in [7, 11) is 0. The summed E-state index contributed by atoms with van der Waals surface area (Å²) in [4.78, 5) is 30.5. The van der Waals surface area contributed by atoms with Gasteiger partial charge in [-0.2, -0.15) is 0 Å². The van der Waals surface area contributed by atoms with Crippen molar-refractivity contribution in [2.75, 3.05) is 26.2 Å². The normalized spacial score (nSPS) is 14.2. The smallest absolute Gasteiger partial charge is 0.264 e. The molecule has 0 aliphatic carbocycles. The predicted molar refractivity (Wildman–Crippen MR) is 102 cm³/mol. The Morgan fingerprint density at radius 2 is 1.52 bits per heavy atom. The number of carbonyl (C=O) groups is 2. The third-order valence-corrected chi connectivity index (χ3v) is 5.23. The molecule has 2 heterocycles. The van der Waals surface area contributed by atoms with Gasteiger partial charge in [0.15, 0.2) is 0 Å². The van der Waals surface area contributed by atoms with E-state index in [1.54, 1.807) is 4.90 Å². The van der Waals surface area contributed by atoms with E-state index in [9.17, 15) is 9.59 Å². The Morgan fingerprint density at radius 1 is 0.960 bits per heavy atom. The van der Waals surface area contributed by atoms with Gasteiger partial charge in [0.25, 0.3) is 11.8 Å². The lowest BCUT2D eigenvalue weighted by atomic mass is 10.1. The van der Waals surface area contributed by atoms with Crippen LogP contribution in [0.5, 0.6) is 0 Å². The van der Waals surface area contributed by atoms with E-state index in [2.05, 4.69) is 0 Å². The number of aryl methyl sites for hydroxylation is 1. The van der Waals surface area contributed by atoms with Crippen molar-refractivity contribution in [2.45, 2.75) is 13.5 Å². The molecule has 1 fully saturated rings. The lowest BCUT2D eigenvalue weighted by Crippen LogP contribution is -2.50. The Kier molecular flexibility index (Phi) is 6.58. The molecule has 1 saturated heterocycles. The Bertz CT molecular complexity index is 737. The van der Waals surface area contributed by atoms with Gasteiger partial charge in [-0.15, -0.1) is 23.7 Å². The molecule has 3 rings (SSSR count). The Morgan fingerprint density at radius 3 is 2.00 bits per heavy atom. The highest BCUT2D eigenvalue weighted by Gasteiger charge is 2.26. The lowest BCUT2D eigenvalue weighted by molar-refractivity contribution is 0.0538. The molecule has 1 aromatic heterocycles. The van der Waals surface area contributed by atoms with Crippen LogP contribution in [0.25, 0.3) is 0 Å². The molecule has 0 unspecified atom stereocenters. The third kappa shape index (κ3) is 4.39. The van der Waals surface area contributed by atoms with Gasteiger partial charge in [0.1, 0.15) is 0 Å². The van der Waals surface area contributed by atoms with E-state index >= 15 is 0 Å². The molecular weight excluding hydrogens is 358 g/mol. The Hall–Kier alpha value is -1.89. The van der Waals surface area contributed by atoms with Gasteiger partial charge in [-0.25, -0.2) is 0 Å². The number of thiophene rings is 1. The Balaban J connectivity index is 0.00000225. The van der Waals surface area contributed by atoms with Crippen LogP contribution in [-0.4, -0.2) is 47.8 Å². The summed E-state index contributed by atoms with van der Waals surface area (Å²) in [6.45, 7) is 4.73. The lowest BCUT2D eigenvalue weighted by Gasteiger charge is -2.34. The number of carbonyl (C=O) groups excluding carboxylic acids is 2. The highest BCUT2D eigenvalue weighted by atomic mass is 35.5. The molecule has 7 heteroatoms. The van der Waals surface area contributed by atoms with Crippen LogP contribution >= 0.6 is 23.7 Å². The fourth-order valence-electron chi connectivity index (χ4n) is 2.78. The van der Waals surface area contributed by atoms with Gasteiger partial charge in [-0.3, -0.25) is 9.59 Å². The van der Waals surface area contributed by atoms with Crippen molar-refractivity contribution in [1.82, 2.24) is 9.80 Å². The molecule has 2 amide bonds. The van der Waals surface area contributed by atoms with Crippen LogP contribution < -0.4 is 5.73 Å². The topological polar surface area (TPSA) is 66.6 Å². The summed E-state index contributed by atoms with van der Waals surface area (Å²) in [5, 5.41) is 0. The van der Waals surface area contributed by atoms with Crippen LogP contribution in [0.3, 0.4) is 0 Å². The molecule has 25 heavy (non-hydrogen) atoms. The summed E-state index contributed by atoms with van der Waals surface area (Å²) in [5.41, 5.74) is 7.25.